The Kier molecular flexibility index (Phi) is 3.79. The van der Waals surface area contributed by atoms with Crippen molar-refractivity contribution in [1.29, 1.82) is 0 Å². The molecule has 0 aliphatic rings. The Bertz CT molecular complexity index is 362. The van der Waals surface area contributed by atoms with E-state index in [0.29, 0.717) is 10.8 Å². The first-order valence-corrected chi connectivity index (χ1v) is 4.53. The molecular weight excluding hydrogens is 252 g/mol. The van der Waals surface area contributed by atoms with Gasteiger partial charge in [-0.1, -0.05) is 15.9 Å². The van der Waals surface area contributed by atoms with Crippen molar-refractivity contribution in [1.82, 2.24) is 0 Å². The molecule has 74 valence electrons. The van der Waals surface area contributed by atoms with Crippen LogP contribution in [0.5, 0.6) is 5.75 Å². The van der Waals surface area contributed by atoms with E-state index >= 15 is 0 Å². The van der Waals surface area contributed by atoms with E-state index in [4.69, 9.17) is 9.84 Å². The highest BCUT2D eigenvalue weighted by Crippen LogP contribution is 2.21. The predicted octanol–water partition coefficient (Wildman–Crippen LogP) is 1.16. The molecule has 0 atom stereocenters. The number of halogens is 1. The maximum absolute atomic E-state index is 10.7. The molecule has 0 unspecified atom stereocenters. The van der Waals surface area contributed by atoms with Gasteiger partial charge in [-0.15, -0.1) is 0 Å². The van der Waals surface area contributed by atoms with E-state index in [1.54, 1.807) is 6.07 Å². The minimum atomic E-state index is -0.796. The molecule has 0 saturated heterocycles. The van der Waals surface area contributed by atoms with E-state index in [9.17, 15) is 9.59 Å². The molecule has 0 aliphatic carbocycles. The van der Waals surface area contributed by atoms with Gasteiger partial charge in [0.2, 0.25) is 0 Å². The Morgan fingerprint density at radius 2 is 2.29 bits per heavy atom. The van der Waals surface area contributed by atoms with Gasteiger partial charge in [0.25, 0.3) is 0 Å². The van der Waals surface area contributed by atoms with Crippen LogP contribution in [0.25, 0.3) is 0 Å². The number of ether oxygens (including phenoxy) is 1. The van der Waals surface area contributed by atoms with E-state index in [1.807, 2.05) is 0 Å². The number of rotatable bonds is 3. The zero-order valence-electron chi connectivity index (χ0n) is 7.07. The van der Waals surface area contributed by atoms with Crippen molar-refractivity contribution in [3.63, 3.8) is 0 Å². The second-order valence-corrected chi connectivity index (χ2v) is 3.35. The highest BCUT2D eigenvalue weighted by atomic mass is 79.9. The zero-order valence-corrected chi connectivity index (χ0v) is 8.65. The van der Waals surface area contributed by atoms with Crippen LogP contribution in [0.4, 0.5) is 0 Å². The molecule has 0 aromatic heterocycles. The van der Waals surface area contributed by atoms with E-state index < -0.39 is 12.6 Å². The lowest BCUT2D eigenvalue weighted by molar-refractivity contribution is -0.137. The van der Waals surface area contributed by atoms with Crippen molar-refractivity contribution in [2.45, 2.75) is 0 Å². The molecule has 14 heavy (non-hydrogen) atoms. The van der Waals surface area contributed by atoms with Gasteiger partial charge in [0.05, 0.1) is 5.56 Å². The quantitative estimate of drug-likeness (QED) is 0.502. The maximum atomic E-state index is 10.7. The monoisotopic (exact) mass is 258 g/mol. The molecule has 0 amide bonds. The summed E-state index contributed by atoms with van der Waals surface area (Å²) in [5.41, 5.74) is 0.251. The molecule has 1 N–H and O–H groups in total. The average molecular weight is 259 g/mol. The van der Waals surface area contributed by atoms with Gasteiger partial charge in [-0.2, -0.15) is 0 Å². The number of aliphatic hydroxyl groups is 1. The molecule has 0 bridgehead atoms. The minimum Gasteiger partial charge on any atom is -0.424 e. The topological polar surface area (TPSA) is 63.6 Å². The minimum absolute atomic E-state index is 0.141. The lowest BCUT2D eigenvalue weighted by Gasteiger charge is -2.04. The van der Waals surface area contributed by atoms with Crippen LogP contribution < -0.4 is 4.74 Å². The van der Waals surface area contributed by atoms with Gasteiger partial charge >= 0.3 is 5.97 Å². The fraction of sp³-hybridized carbons (Fsp3) is 0.111. The Labute approximate surface area is 88.6 Å². The standard InChI is InChI=1S/C9H7BrO4/c10-7-1-2-8(6(3-7)4-11)14-9(13)5-12/h1-4,12H,5H2. The molecule has 4 nitrogen and oxygen atoms in total. The molecule has 0 saturated carbocycles. The summed E-state index contributed by atoms with van der Waals surface area (Å²) in [5.74, 6) is -0.655. The fourth-order valence-electron chi connectivity index (χ4n) is 0.859. The van der Waals surface area contributed by atoms with Gasteiger partial charge in [-0.25, -0.2) is 4.79 Å². The molecule has 0 radical (unpaired) electrons. The van der Waals surface area contributed by atoms with Crippen LogP contribution in [0, 0.1) is 0 Å². The Morgan fingerprint density at radius 1 is 1.57 bits per heavy atom. The van der Waals surface area contributed by atoms with Crippen molar-refractivity contribution >= 4 is 28.2 Å². The maximum Gasteiger partial charge on any atom is 0.337 e. The van der Waals surface area contributed by atoms with Crippen molar-refractivity contribution in [3.05, 3.63) is 28.2 Å². The van der Waals surface area contributed by atoms with Gasteiger partial charge in [0, 0.05) is 4.47 Å². The van der Waals surface area contributed by atoms with E-state index in [2.05, 4.69) is 15.9 Å². The van der Waals surface area contributed by atoms with Gasteiger partial charge < -0.3 is 9.84 Å². The van der Waals surface area contributed by atoms with Crippen molar-refractivity contribution in [2.75, 3.05) is 6.61 Å². The largest absolute Gasteiger partial charge is 0.424 e. The number of hydrogen-bond donors (Lipinski definition) is 1. The third-order valence-corrected chi connectivity index (χ3v) is 1.94. The smallest absolute Gasteiger partial charge is 0.337 e. The first-order chi connectivity index (χ1) is 6.67. The summed E-state index contributed by atoms with van der Waals surface area (Å²) in [6, 6.07) is 4.63. The first kappa shape index (κ1) is 10.9. The molecular formula is C9H7BrO4. The van der Waals surface area contributed by atoms with E-state index in [-0.39, 0.29) is 11.3 Å². The summed E-state index contributed by atoms with van der Waals surface area (Å²) in [6.45, 7) is -0.714. The number of hydrogen-bond acceptors (Lipinski definition) is 4. The number of benzene rings is 1. The third-order valence-electron chi connectivity index (χ3n) is 1.45. The van der Waals surface area contributed by atoms with Crippen molar-refractivity contribution in [3.8, 4) is 5.75 Å². The van der Waals surface area contributed by atoms with Crippen LogP contribution in [-0.2, 0) is 4.79 Å². The molecule has 1 aromatic carbocycles. The molecule has 0 spiro atoms. The Hall–Kier alpha value is -1.20. The highest BCUT2D eigenvalue weighted by molar-refractivity contribution is 9.10. The van der Waals surface area contributed by atoms with Gasteiger partial charge in [-0.05, 0) is 18.2 Å². The van der Waals surface area contributed by atoms with E-state index in [1.165, 1.54) is 12.1 Å². The summed E-state index contributed by atoms with van der Waals surface area (Å²) in [6.07, 6.45) is 0.574. The normalized spacial score (nSPS) is 9.57. The molecule has 0 heterocycles. The fourth-order valence-corrected chi connectivity index (χ4v) is 1.24. The van der Waals surface area contributed by atoms with Crippen molar-refractivity contribution in [2.24, 2.45) is 0 Å². The first-order valence-electron chi connectivity index (χ1n) is 3.73. The van der Waals surface area contributed by atoms with Crippen LogP contribution in [0.1, 0.15) is 10.4 Å². The zero-order chi connectivity index (χ0) is 10.6. The summed E-state index contributed by atoms with van der Waals surface area (Å²) >= 11 is 3.17. The summed E-state index contributed by atoms with van der Waals surface area (Å²) < 4.78 is 5.41. The molecule has 0 fully saturated rings. The van der Waals surface area contributed by atoms with Gasteiger partial charge in [0.15, 0.2) is 6.29 Å². The Morgan fingerprint density at radius 3 is 2.86 bits per heavy atom. The lowest BCUT2D eigenvalue weighted by atomic mass is 10.2. The SMILES string of the molecule is O=Cc1cc(Br)ccc1OC(=O)CO. The summed E-state index contributed by atoms with van der Waals surface area (Å²) in [7, 11) is 0. The van der Waals surface area contributed by atoms with Crippen LogP contribution in [0.15, 0.2) is 22.7 Å². The summed E-state index contributed by atoms with van der Waals surface area (Å²) in [5, 5.41) is 8.44. The number of carbonyl (C=O) groups is 2. The van der Waals surface area contributed by atoms with Crippen molar-refractivity contribution < 1.29 is 19.4 Å². The highest BCUT2D eigenvalue weighted by Gasteiger charge is 2.07. The number of esters is 1. The predicted molar refractivity (Wildman–Crippen MR) is 52.3 cm³/mol. The molecule has 1 aromatic rings. The van der Waals surface area contributed by atoms with Crippen LogP contribution >= 0.6 is 15.9 Å². The second-order valence-electron chi connectivity index (χ2n) is 2.43. The number of carbonyl (C=O) groups excluding carboxylic acids is 2. The molecule has 1 rings (SSSR count). The second kappa shape index (κ2) is 4.88. The number of aliphatic hydroxyl groups excluding tert-OH is 1. The lowest BCUT2D eigenvalue weighted by Crippen LogP contribution is -2.13. The molecule has 5 heteroatoms. The third kappa shape index (κ3) is 2.65. The average Bonchev–Trinajstić information content (AvgIpc) is 2.20. The number of aldehydes is 1. The van der Waals surface area contributed by atoms with Crippen LogP contribution in [-0.4, -0.2) is 24.0 Å². The summed E-state index contributed by atoms with van der Waals surface area (Å²) in [4.78, 5) is 21.3. The van der Waals surface area contributed by atoms with Crippen LogP contribution in [0.2, 0.25) is 0 Å². The van der Waals surface area contributed by atoms with E-state index in [0.717, 1.165) is 0 Å². The van der Waals surface area contributed by atoms with Gasteiger partial charge in [-0.3, -0.25) is 4.79 Å². The Balaban J connectivity index is 2.96. The van der Waals surface area contributed by atoms with Gasteiger partial charge in [0.1, 0.15) is 12.4 Å². The molecule has 0 aliphatic heterocycles. The van der Waals surface area contributed by atoms with Crippen LogP contribution in [0.3, 0.4) is 0 Å².